The number of carbonyl (C=O) groups is 2. The van der Waals surface area contributed by atoms with Crippen LogP contribution in [0.5, 0.6) is 0 Å². The first kappa shape index (κ1) is 14.2. The number of nitrogens with zero attached hydrogens (tertiary/aromatic N) is 1. The molecule has 2 rings (SSSR count). The third kappa shape index (κ3) is 3.01. The molecule has 2 N–H and O–H groups in total. The van der Waals surface area contributed by atoms with Crippen LogP contribution in [0, 0.1) is 11.8 Å². The van der Waals surface area contributed by atoms with Gasteiger partial charge in [-0.1, -0.05) is 20.3 Å². The molecule has 3 atom stereocenters. The molecule has 1 aliphatic carbocycles. The molecule has 5 heteroatoms. The van der Waals surface area contributed by atoms with Crippen LogP contribution in [-0.4, -0.2) is 40.6 Å². The molecule has 1 aliphatic heterocycles. The number of carboxylic acids is 1. The summed E-state index contributed by atoms with van der Waals surface area (Å²) in [5.74, 6) is -0.749. The van der Waals surface area contributed by atoms with Crippen LogP contribution in [0.2, 0.25) is 0 Å². The molecule has 1 saturated heterocycles. The number of urea groups is 1. The summed E-state index contributed by atoms with van der Waals surface area (Å²) >= 11 is 0. The Hall–Kier alpha value is -1.26. The second-order valence-electron chi connectivity index (χ2n) is 6.08. The van der Waals surface area contributed by atoms with Gasteiger partial charge in [-0.3, -0.25) is 4.79 Å². The first-order valence-electron chi connectivity index (χ1n) is 7.30. The molecule has 1 saturated carbocycles. The fourth-order valence-corrected chi connectivity index (χ4v) is 3.41. The van der Waals surface area contributed by atoms with Crippen LogP contribution in [-0.2, 0) is 4.79 Å². The average Bonchev–Trinajstić information content (AvgIpc) is 2.96. The number of likely N-dealkylation sites (tertiary alicyclic amines) is 1. The summed E-state index contributed by atoms with van der Waals surface area (Å²) in [4.78, 5) is 25.3. The maximum Gasteiger partial charge on any atom is 0.317 e. The third-order valence-electron chi connectivity index (χ3n) is 4.47. The first-order valence-corrected chi connectivity index (χ1v) is 7.30. The van der Waals surface area contributed by atoms with Gasteiger partial charge >= 0.3 is 12.0 Å². The Bertz CT molecular complexity index is 357. The molecular weight excluding hydrogens is 244 g/mol. The highest BCUT2D eigenvalue weighted by atomic mass is 16.4. The lowest BCUT2D eigenvalue weighted by Crippen LogP contribution is -2.50. The largest absolute Gasteiger partial charge is 0.481 e. The second-order valence-corrected chi connectivity index (χ2v) is 6.08. The van der Waals surface area contributed by atoms with Crippen molar-refractivity contribution in [2.45, 2.75) is 58.0 Å². The molecule has 0 aromatic rings. The maximum atomic E-state index is 12.3. The van der Waals surface area contributed by atoms with Gasteiger partial charge < -0.3 is 15.3 Å². The smallest absolute Gasteiger partial charge is 0.317 e. The molecule has 1 heterocycles. The molecular formula is C14H24N2O3. The minimum Gasteiger partial charge on any atom is -0.481 e. The predicted molar refractivity (Wildman–Crippen MR) is 71.9 cm³/mol. The van der Waals surface area contributed by atoms with Gasteiger partial charge in [-0.2, -0.15) is 0 Å². The van der Waals surface area contributed by atoms with Gasteiger partial charge in [-0.15, -0.1) is 0 Å². The van der Waals surface area contributed by atoms with E-state index in [0.29, 0.717) is 18.4 Å². The summed E-state index contributed by atoms with van der Waals surface area (Å²) in [7, 11) is 0. The Labute approximate surface area is 114 Å². The van der Waals surface area contributed by atoms with Crippen molar-refractivity contribution in [2.24, 2.45) is 11.8 Å². The van der Waals surface area contributed by atoms with Crippen LogP contribution in [0.25, 0.3) is 0 Å². The standard InChI is InChI=1S/C14H24N2O3/c1-9(2)12-7-4-8-16(12)14(19)15-11-6-3-5-10(11)13(17)18/h9-12H,3-8H2,1-2H3,(H,15,19)(H,17,18). The van der Waals surface area contributed by atoms with E-state index in [4.69, 9.17) is 5.11 Å². The minimum absolute atomic E-state index is 0.0747. The van der Waals surface area contributed by atoms with Crippen molar-refractivity contribution >= 4 is 12.0 Å². The highest BCUT2D eigenvalue weighted by Crippen LogP contribution is 2.28. The first-order chi connectivity index (χ1) is 9.00. The quantitative estimate of drug-likeness (QED) is 0.823. The second kappa shape index (κ2) is 5.80. The normalized spacial score (nSPS) is 30.9. The molecule has 19 heavy (non-hydrogen) atoms. The minimum atomic E-state index is -0.787. The molecule has 0 bridgehead atoms. The lowest BCUT2D eigenvalue weighted by Gasteiger charge is -2.30. The number of hydrogen-bond acceptors (Lipinski definition) is 2. The van der Waals surface area contributed by atoms with E-state index in [0.717, 1.165) is 32.2 Å². The molecule has 0 aromatic carbocycles. The molecule has 2 aliphatic rings. The van der Waals surface area contributed by atoms with Crippen molar-refractivity contribution in [1.29, 1.82) is 0 Å². The van der Waals surface area contributed by atoms with Crippen molar-refractivity contribution in [3.05, 3.63) is 0 Å². The molecule has 3 unspecified atom stereocenters. The van der Waals surface area contributed by atoms with E-state index in [1.165, 1.54) is 0 Å². The van der Waals surface area contributed by atoms with Crippen LogP contribution >= 0.6 is 0 Å². The van der Waals surface area contributed by atoms with Crippen molar-refractivity contribution in [2.75, 3.05) is 6.54 Å². The SMILES string of the molecule is CC(C)C1CCCN1C(=O)NC1CCCC1C(=O)O. The van der Waals surface area contributed by atoms with E-state index in [9.17, 15) is 9.59 Å². The molecule has 2 fully saturated rings. The Morgan fingerprint density at radius 2 is 1.95 bits per heavy atom. The molecule has 0 radical (unpaired) electrons. The highest BCUT2D eigenvalue weighted by molar-refractivity contribution is 5.77. The zero-order valence-corrected chi connectivity index (χ0v) is 11.8. The van der Waals surface area contributed by atoms with Gasteiger partial charge in [-0.05, 0) is 31.6 Å². The molecule has 0 spiro atoms. The Morgan fingerprint density at radius 3 is 2.58 bits per heavy atom. The van der Waals surface area contributed by atoms with Crippen molar-refractivity contribution < 1.29 is 14.7 Å². The van der Waals surface area contributed by atoms with Crippen molar-refractivity contribution in [3.8, 4) is 0 Å². The number of carboxylic acid groups (broad SMARTS) is 1. The predicted octanol–water partition coefficient (Wildman–Crippen LogP) is 2.07. The van der Waals surface area contributed by atoms with E-state index in [-0.39, 0.29) is 12.1 Å². The third-order valence-corrected chi connectivity index (χ3v) is 4.47. The summed E-state index contributed by atoms with van der Waals surface area (Å²) in [6.45, 7) is 5.05. The Kier molecular flexibility index (Phi) is 4.32. The van der Waals surface area contributed by atoms with Gasteiger partial charge in [0.25, 0.3) is 0 Å². The molecule has 5 nitrogen and oxygen atoms in total. The van der Waals surface area contributed by atoms with Crippen LogP contribution in [0.1, 0.15) is 46.0 Å². The van der Waals surface area contributed by atoms with Gasteiger partial charge in [0.15, 0.2) is 0 Å². The number of aliphatic carboxylic acids is 1. The van der Waals surface area contributed by atoms with E-state index in [1.807, 2.05) is 4.90 Å². The highest BCUT2D eigenvalue weighted by Gasteiger charge is 2.37. The Morgan fingerprint density at radius 1 is 1.21 bits per heavy atom. The number of amides is 2. The zero-order valence-electron chi connectivity index (χ0n) is 11.8. The fourth-order valence-electron chi connectivity index (χ4n) is 3.41. The van der Waals surface area contributed by atoms with E-state index in [2.05, 4.69) is 19.2 Å². The average molecular weight is 268 g/mol. The number of hydrogen-bond donors (Lipinski definition) is 2. The summed E-state index contributed by atoms with van der Waals surface area (Å²) in [6.07, 6.45) is 4.44. The van der Waals surface area contributed by atoms with Crippen LogP contribution < -0.4 is 5.32 Å². The van der Waals surface area contributed by atoms with Gasteiger partial charge in [0.1, 0.15) is 0 Å². The molecule has 0 aromatic heterocycles. The summed E-state index contributed by atoms with van der Waals surface area (Å²) in [5.41, 5.74) is 0. The summed E-state index contributed by atoms with van der Waals surface area (Å²) in [5, 5.41) is 12.1. The number of carbonyl (C=O) groups excluding carboxylic acids is 1. The van der Waals surface area contributed by atoms with Gasteiger partial charge in [0.05, 0.1) is 5.92 Å². The monoisotopic (exact) mass is 268 g/mol. The van der Waals surface area contributed by atoms with E-state index in [1.54, 1.807) is 0 Å². The lowest BCUT2D eigenvalue weighted by atomic mass is 10.0. The fraction of sp³-hybridized carbons (Fsp3) is 0.857. The van der Waals surface area contributed by atoms with Crippen LogP contribution in [0.3, 0.4) is 0 Å². The van der Waals surface area contributed by atoms with Gasteiger partial charge in [0.2, 0.25) is 0 Å². The van der Waals surface area contributed by atoms with E-state index < -0.39 is 11.9 Å². The van der Waals surface area contributed by atoms with Crippen LogP contribution in [0.15, 0.2) is 0 Å². The zero-order chi connectivity index (χ0) is 14.0. The topological polar surface area (TPSA) is 69.6 Å². The van der Waals surface area contributed by atoms with Crippen molar-refractivity contribution in [1.82, 2.24) is 10.2 Å². The van der Waals surface area contributed by atoms with Crippen LogP contribution in [0.4, 0.5) is 4.79 Å². The summed E-state index contributed by atoms with van der Waals surface area (Å²) in [6, 6.07) is 0.0254. The number of rotatable bonds is 3. The maximum absolute atomic E-state index is 12.3. The molecule has 108 valence electrons. The molecule has 2 amide bonds. The lowest BCUT2D eigenvalue weighted by molar-refractivity contribution is -0.142. The van der Waals surface area contributed by atoms with Gasteiger partial charge in [0, 0.05) is 18.6 Å². The van der Waals surface area contributed by atoms with Crippen molar-refractivity contribution in [3.63, 3.8) is 0 Å². The summed E-state index contributed by atoms with van der Waals surface area (Å²) < 4.78 is 0. The number of nitrogens with one attached hydrogen (secondary N) is 1. The Balaban J connectivity index is 1.95. The van der Waals surface area contributed by atoms with Gasteiger partial charge in [-0.25, -0.2) is 4.79 Å². The van der Waals surface area contributed by atoms with E-state index >= 15 is 0 Å².